The number of hydrogen-bond acceptors (Lipinski definition) is 6. The average Bonchev–Trinajstić information content (AvgIpc) is 3.12. The predicted octanol–water partition coefficient (Wildman–Crippen LogP) is 2.06. The molecule has 1 fully saturated rings. The molecule has 0 radical (unpaired) electrons. The van der Waals surface area contributed by atoms with Gasteiger partial charge in [0.25, 0.3) is 5.78 Å². The highest BCUT2D eigenvalue weighted by molar-refractivity contribution is 5.45. The Labute approximate surface area is 150 Å². The molecule has 0 spiro atoms. The van der Waals surface area contributed by atoms with E-state index in [1.165, 1.54) is 18.5 Å². The fourth-order valence-electron chi connectivity index (χ4n) is 3.29. The van der Waals surface area contributed by atoms with Gasteiger partial charge < -0.3 is 10.1 Å². The fraction of sp³-hybridized carbons (Fsp3) is 0.389. The molecular formula is C18H21FN6O. The number of fused-ring (bicyclic) bond motifs is 1. The second-order valence-corrected chi connectivity index (χ2v) is 6.35. The van der Waals surface area contributed by atoms with Crippen LogP contribution in [0.15, 0.2) is 36.7 Å². The van der Waals surface area contributed by atoms with Gasteiger partial charge in [-0.15, -0.1) is 0 Å². The molecule has 1 unspecified atom stereocenters. The number of ether oxygens (including phenoxy) is 1. The first-order valence-electron chi connectivity index (χ1n) is 8.69. The molecule has 8 heteroatoms. The zero-order valence-electron chi connectivity index (χ0n) is 14.6. The van der Waals surface area contributed by atoms with Crippen LogP contribution in [0, 0.1) is 12.7 Å². The summed E-state index contributed by atoms with van der Waals surface area (Å²) in [6.07, 6.45) is 1.49. The fourth-order valence-corrected chi connectivity index (χ4v) is 3.29. The first-order valence-corrected chi connectivity index (χ1v) is 8.69. The van der Waals surface area contributed by atoms with Crippen molar-refractivity contribution >= 4 is 11.6 Å². The molecular weight excluding hydrogens is 335 g/mol. The second-order valence-electron chi connectivity index (χ2n) is 6.35. The molecule has 3 heterocycles. The summed E-state index contributed by atoms with van der Waals surface area (Å²) >= 11 is 0. The average molecular weight is 356 g/mol. The third-order valence-corrected chi connectivity index (χ3v) is 4.60. The number of nitrogens with zero attached hydrogens (tertiary/aromatic N) is 5. The van der Waals surface area contributed by atoms with Crippen molar-refractivity contribution in [3.63, 3.8) is 0 Å². The third-order valence-electron chi connectivity index (χ3n) is 4.60. The molecule has 3 aromatic rings. The smallest absolute Gasteiger partial charge is 0.254 e. The highest BCUT2D eigenvalue weighted by Crippen LogP contribution is 2.23. The van der Waals surface area contributed by atoms with Crippen LogP contribution in [-0.2, 0) is 4.74 Å². The predicted molar refractivity (Wildman–Crippen MR) is 95.5 cm³/mol. The minimum absolute atomic E-state index is 0.103. The molecule has 1 atom stereocenters. The maximum atomic E-state index is 13.4. The van der Waals surface area contributed by atoms with Gasteiger partial charge in [-0.05, 0) is 24.6 Å². The van der Waals surface area contributed by atoms with Crippen LogP contribution in [0.25, 0.3) is 5.78 Å². The summed E-state index contributed by atoms with van der Waals surface area (Å²) in [5.74, 6) is 1.18. The van der Waals surface area contributed by atoms with E-state index in [1.54, 1.807) is 4.52 Å². The summed E-state index contributed by atoms with van der Waals surface area (Å²) in [5, 5.41) is 7.70. The molecule has 26 heavy (non-hydrogen) atoms. The van der Waals surface area contributed by atoms with E-state index < -0.39 is 0 Å². The van der Waals surface area contributed by atoms with Gasteiger partial charge in [0.05, 0.1) is 19.3 Å². The number of rotatable bonds is 5. The van der Waals surface area contributed by atoms with E-state index in [0.29, 0.717) is 25.5 Å². The second kappa shape index (κ2) is 7.35. The molecule has 1 aromatic carbocycles. The van der Waals surface area contributed by atoms with Crippen LogP contribution in [0.4, 0.5) is 10.2 Å². The van der Waals surface area contributed by atoms with Crippen LogP contribution in [0.2, 0.25) is 0 Å². The molecule has 136 valence electrons. The van der Waals surface area contributed by atoms with E-state index in [2.05, 4.69) is 25.3 Å². The Morgan fingerprint density at radius 1 is 1.23 bits per heavy atom. The summed E-state index contributed by atoms with van der Waals surface area (Å²) in [5.41, 5.74) is 1.94. The van der Waals surface area contributed by atoms with Gasteiger partial charge in [0.2, 0.25) is 0 Å². The van der Waals surface area contributed by atoms with Crippen LogP contribution < -0.4 is 5.32 Å². The highest BCUT2D eigenvalue weighted by atomic mass is 19.1. The third kappa shape index (κ3) is 3.51. The minimum Gasteiger partial charge on any atom is -0.379 e. The molecule has 0 saturated carbocycles. The number of nitrogens with one attached hydrogen (secondary N) is 1. The number of hydrogen-bond donors (Lipinski definition) is 1. The van der Waals surface area contributed by atoms with E-state index in [4.69, 9.17) is 4.74 Å². The maximum absolute atomic E-state index is 13.4. The Hall–Kier alpha value is -2.58. The molecule has 0 bridgehead atoms. The van der Waals surface area contributed by atoms with Crippen molar-refractivity contribution < 1.29 is 9.13 Å². The number of halogens is 1. The SMILES string of the molecule is Cc1cc(NCC(c2ccc(F)cc2)N2CCOCC2)n2ncnc2n1. The molecule has 2 aromatic heterocycles. The highest BCUT2D eigenvalue weighted by Gasteiger charge is 2.23. The lowest BCUT2D eigenvalue weighted by Crippen LogP contribution is -2.41. The molecule has 1 aliphatic rings. The van der Waals surface area contributed by atoms with Gasteiger partial charge in [-0.2, -0.15) is 14.6 Å². The van der Waals surface area contributed by atoms with Gasteiger partial charge in [-0.3, -0.25) is 4.90 Å². The van der Waals surface area contributed by atoms with Gasteiger partial charge in [0.15, 0.2) is 0 Å². The monoisotopic (exact) mass is 356 g/mol. The molecule has 0 aliphatic carbocycles. The van der Waals surface area contributed by atoms with E-state index >= 15 is 0 Å². The molecule has 1 N–H and O–H groups in total. The lowest BCUT2D eigenvalue weighted by molar-refractivity contribution is 0.0187. The molecule has 1 aliphatic heterocycles. The Balaban J connectivity index is 1.59. The van der Waals surface area contributed by atoms with Crippen molar-refractivity contribution in [3.05, 3.63) is 53.7 Å². The Morgan fingerprint density at radius 3 is 2.77 bits per heavy atom. The largest absolute Gasteiger partial charge is 0.379 e. The van der Waals surface area contributed by atoms with Crippen LogP contribution in [-0.4, -0.2) is 57.3 Å². The van der Waals surface area contributed by atoms with E-state index in [0.717, 1.165) is 30.2 Å². The van der Waals surface area contributed by atoms with E-state index in [-0.39, 0.29) is 11.9 Å². The van der Waals surface area contributed by atoms with Crippen molar-refractivity contribution in [1.82, 2.24) is 24.5 Å². The van der Waals surface area contributed by atoms with Crippen molar-refractivity contribution in [2.45, 2.75) is 13.0 Å². The van der Waals surface area contributed by atoms with Gasteiger partial charge in [-0.1, -0.05) is 12.1 Å². The van der Waals surface area contributed by atoms with Crippen molar-refractivity contribution in [1.29, 1.82) is 0 Å². The summed E-state index contributed by atoms with van der Waals surface area (Å²) in [6, 6.07) is 8.76. The van der Waals surface area contributed by atoms with Gasteiger partial charge in [0, 0.05) is 31.4 Å². The number of benzene rings is 1. The standard InChI is InChI=1S/C18H21FN6O/c1-13-10-17(25-18(23-13)21-12-22-25)20-11-16(24-6-8-26-9-7-24)14-2-4-15(19)5-3-14/h2-5,10,12,16,20H,6-9,11H2,1H3. The Morgan fingerprint density at radius 2 is 2.00 bits per heavy atom. The number of aromatic nitrogens is 4. The van der Waals surface area contributed by atoms with Crippen LogP contribution in [0.3, 0.4) is 0 Å². The van der Waals surface area contributed by atoms with Crippen molar-refractivity contribution in [2.24, 2.45) is 0 Å². The van der Waals surface area contributed by atoms with Gasteiger partial charge >= 0.3 is 0 Å². The van der Waals surface area contributed by atoms with Gasteiger partial charge in [-0.25, -0.2) is 9.37 Å². The van der Waals surface area contributed by atoms with Crippen molar-refractivity contribution in [3.8, 4) is 0 Å². The van der Waals surface area contributed by atoms with Crippen LogP contribution >= 0.6 is 0 Å². The van der Waals surface area contributed by atoms with Crippen LogP contribution in [0.1, 0.15) is 17.3 Å². The topological polar surface area (TPSA) is 67.6 Å². The lowest BCUT2D eigenvalue weighted by Gasteiger charge is -2.35. The molecule has 7 nitrogen and oxygen atoms in total. The van der Waals surface area contributed by atoms with E-state index in [1.807, 2.05) is 25.1 Å². The Kier molecular flexibility index (Phi) is 4.77. The van der Waals surface area contributed by atoms with E-state index in [9.17, 15) is 4.39 Å². The molecule has 4 rings (SSSR count). The minimum atomic E-state index is -0.225. The summed E-state index contributed by atoms with van der Waals surface area (Å²) in [4.78, 5) is 10.9. The quantitative estimate of drug-likeness (QED) is 0.755. The van der Waals surface area contributed by atoms with Crippen molar-refractivity contribution in [2.75, 3.05) is 38.2 Å². The first-order chi connectivity index (χ1) is 12.7. The number of anilines is 1. The lowest BCUT2D eigenvalue weighted by atomic mass is 10.0. The first kappa shape index (κ1) is 16.9. The Bertz CT molecular complexity index is 875. The van der Waals surface area contributed by atoms with Crippen LogP contribution in [0.5, 0.6) is 0 Å². The molecule has 0 amide bonds. The van der Waals surface area contributed by atoms with Gasteiger partial charge in [0.1, 0.15) is 18.0 Å². The summed E-state index contributed by atoms with van der Waals surface area (Å²) < 4.78 is 20.5. The zero-order chi connectivity index (χ0) is 17.9. The summed E-state index contributed by atoms with van der Waals surface area (Å²) in [7, 11) is 0. The maximum Gasteiger partial charge on any atom is 0.254 e. The molecule has 1 saturated heterocycles. The normalized spacial score (nSPS) is 16.7. The number of aryl methyl sites for hydroxylation is 1. The zero-order valence-corrected chi connectivity index (χ0v) is 14.6. The summed E-state index contributed by atoms with van der Waals surface area (Å²) in [6.45, 7) is 5.69. The number of morpholine rings is 1.